The van der Waals surface area contributed by atoms with Crippen molar-refractivity contribution in [3.8, 4) is 0 Å². The fourth-order valence-electron chi connectivity index (χ4n) is 2.31. The molecule has 9 heteroatoms. The number of carbonyl (C=O) groups is 1. The molecule has 0 aliphatic carbocycles. The minimum atomic E-state index is -4.29. The first-order chi connectivity index (χ1) is 9.78. The van der Waals surface area contributed by atoms with Crippen LogP contribution < -0.4 is 5.73 Å². The summed E-state index contributed by atoms with van der Waals surface area (Å²) in [4.78, 5) is 10.8. The molecular formula is C12H14ClFN2O4S. The quantitative estimate of drug-likeness (QED) is 0.878. The lowest BCUT2D eigenvalue weighted by molar-refractivity contribution is -0.121. The van der Waals surface area contributed by atoms with Gasteiger partial charge in [0.25, 0.3) is 0 Å². The van der Waals surface area contributed by atoms with Crippen LogP contribution in [-0.2, 0) is 19.6 Å². The average molecular weight is 337 g/mol. The zero-order valence-electron chi connectivity index (χ0n) is 11.1. The van der Waals surface area contributed by atoms with Gasteiger partial charge in [-0.2, -0.15) is 4.31 Å². The lowest BCUT2D eigenvalue weighted by Crippen LogP contribution is -2.44. The third-order valence-electron chi connectivity index (χ3n) is 3.36. The standard InChI is InChI=1S/C12H14ClFN2O4S/c1-20-7-5-10(12(15)17)16(6-7)21(18,19)11-8(13)3-2-4-9(11)14/h2-4,7,10H,5-6H2,1H3,(H2,15,17)/t7-,10-/m0/s1. The largest absolute Gasteiger partial charge is 0.380 e. The van der Waals surface area contributed by atoms with Gasteiger partial charge < -0.3 is 10.5 Å². The van der Waals surface area contributed by atoms with Crippen LogP contribution in [0.4, 0.5) is 4.39 Å². The number of primary amides is 1. The predicted molar refractivity (Wildman–Crippen MR) is 73.7 cm³/mol. The van der Waals surface area contributed by atoms with Gasteiger partial charge >= 0.3 is 0 Å². The molecule has 0 radical (unpaired) electrons. The molecule has 1 aromatic rings. The SMILES string of the molecule is CO[C@H]1C[C@@H](C(N)=O)N(S(=O)(=O)c2c(F)cccc2Cl)C1. The Morgan fingerprint density at radius 2 is 2.19 bits per heavy atom. The molecule has 2 atom stereocenters. The third-order valence-corrected chi connectivity index (χ3v) is 5.74. The first-order valence-electron chi connectivity index (χ1n) is 6.07. The number of halogens is 2. The Morgan fingerprint density at radius 1 is 1.52 bits per heavy atom. The van der Waals surface area contributed by atoms with Gasteiger partial charge in [0.2, 0.25) is 15.9 Å². The van der Waals surface area contributed by atoms with Crippen LogP contribution >= 0.6 is 11.6 Å². The Labute approximate surface area is 126 Å². The van der Waals surface area contributed by atoms with Crippen molar-refractivity contribution >= 4 is 27.5 Å². The Hall–Kier alpha value is -1.22. The molecule has 0 aromatic heterocycles. The van der Waals surface area contributed by atoms with Crippen LogP contribution in [0.5, 0.6) is 0 Å². The molecule has 116 valence electrons. The maximum atomic E-state index is 13.9. The maximum Gasteiger partial charge on any atom is 0.248 e. The van der Waals surface area contributed by atoms with Crippen LogP contribution in [0.3, 0.4) is 0 Å². The zero-order chi connectivity index (χ0) is 15.8. The molecule has 1 aromatic carbocycles. The van der Waals surface area contributed by atoms with Gasteiger partial charge in [-0.15, -0.1) is 0 Å². The Kier molecular flexibility index (Phi) is 4.52. The smallest absolute Gasteiger partial charge is 0.248 e. The monoisotopic (exact) mass is 336 g/mol. The maximum absolute atomic E-state index is 13.9. The molecule has 2 N–H and O–H groups in total. The van der Waals surface area contributed by atoms with E-state index >= 15 is 0 Å². The summed E-state index contributed by atoms with van der Waals surface area (Å²) in [7, 11) is -2.89. The van der Waals surface area contributed by atoms with E-state index in [1.807, 2.05) is 0 Å². The molecule has 1 fully saturated rings. The topological polar surface area (TPSA) is 89.7 Å². The highest BCUT2D eigenvalue weighted by molar-refractivity contribution is 7.89. The van der Waals surface area contributed by atoms with Crippen molar-refractivity contribution in [3.63, 3.8) is 0 Å². The fraction of sp³-hybridized carbons (Fsp3) is 0.417. The van der Waals surface area contributed by atoms with E-state index in [4.69, 9.17) is 22.1 Å². The summed E-state index contributed by atoms with van der Waals surface area (Å²) in [6, 6.07) is 2.46. The molecule has 0 spiro atoms. The zero-order valence-corrected chi connectivity index (χ0v) is 12.7. The second-order valence-electron chi connectivity index (χ2n) is 4.64. The molecule has 2 rings (SSSR count). The highest BCUT2D eigenvalue weighted by Gasteiger charge is 2.44. The first kappa shape index (κ1) is 16.2. The van der Waals surface area contributed by atoms with Gasteiger partial charge in [0.05, 0.1) is 11.1 Å². The van der Waals surface area contributed by atoms with Crippen LogP contribution in [0.2, 0.25) is 5.02 Å². The van der Waals surface area contributed by atoms with Gasteiger partial charge in [-0.05, 0) is 12.1 Å². The average Bonchev–Trinajstić information content (AvgIpc) is 2.83. The van der Waals surface area contributed by atoms with Crippen LogP contribution in [-0.4, -0.2) is 44.4 Å². The van der Waals surface area contributed by atoms with Crippen molar-refractivity contribution in [2.45, 2.75) is 23.5 Å². The summed E-state index contributed by atoms with van der Waals surface area (Å²) in [5.41, 5.74) is 5.23. The van der Waals surface area contributed by atoms with Gasteiger partial charge in [-0.25, -0.2) is 12.8 Å². The molecule has 0 saturated carbocycles. The van der Waals surface area contributed by atoms with E-state index < -0.39 is 38.8 Å². The summed E-state index contributed by atoms with van der Waals surface area (Å²) in [6.07, 6.45) is -0.361. The van der Waals surface area contributed by atoms with Crippen molar-refractivity contribution in [2.75, 3.05) is 13.7 Å². The van der Waals surface area contributed by atoms with E-state index in [0.29, 0.717) is 0 Å². The van der Waals surface area contributed by atoms with Crippen LogP contribution in [0.1, 0.15) is 6.42 Å². The summed E-state index contributed by atoms with van der Waals surface area (Å²) < 4.78 is 45.0. The second kappa shape index (κ2) is 5.88. The van der Waals surface area contributed by atoms with Crippen LogP contribution in [0, 0.1) is 5.82 Å². The van der Waals surface area contributed by atoms with E-state index in [0.717, 1.165) is 10.4 Å². The van der Waals surface area contributed by atoms with Crippen molar-refractivity contribution in [1.29, 1.82) is 0 Å². The molecule has 1 heterocycles. The van der Waals surface area contributed by atoms with Crippen molar-refractivity contribution in [1.82, 2.24) is 4.31 Å². The minimum Gasteiger partial charge on any atom is -0.380 e. The Morgan fingerprint density at radius 3 is 2.71 bits per heavy atom. The van der Waals surface area contributed by atoms with Gasteiger partial charge in [0, 0.05) is 20.1 Å². The summed E-state index contributed by atoms with van der Waals surface area (Å²) in [5, 5.41) is -0.251. The summed E-state index contributed by atoms with van der Waals surface area (Å²) in [5.74, 6) is -1.79. The number of hydrogen-bond donors (Lipinski definition) is 1. The Balaban J connectivity index is 2.50. The van der Waals surface area contributed by atoms with Gasteiger partial charge in [0.1, 0.15) is 16.8 Å². The lowest BCUT2D eigenvalue weighted by Gasteiger charge is -2.22. The molecule has 21 heavy (non-hydrogen) atoms. The lowest BCUT2D eigenvalue weighted by atomic mass is 10.2. The van der Waals surface area contributed by atoms with Crippen LogP contribution in [0.25, 0.3) is 0 Å². The number of nitrogens with zero attached hydrogens (tertiary/aromatic N) is 1. The number of nitrogens with two attached hydrogens (primary N) is 1. The van der Waals surface area contributed by atoms with Gasteiger partial charge in [-0.1, -0.05) is 17.7 Å². The number of methoxy groups -OCH3 is 1. The van der Waals surface area contributed by atoms with E-state index in [1.54, 1.807) is 0 Å². The van der Waals surface area contributed by atoms with Gasteiger partial charge in [-0.3, -0.25) is 4.79 Å². The first-order valence-corrected chi connectivity index (χ1v) is 7.88. The highest BCUT2D eigenvalue weighted by atomic mass is 35.5. The van der Waals surface area contributed by atoms with Crippen molar-refractivity contribution in [3.05, 3.63) is 29.0 Å². The number of sulfonamides is 1. The van der Waals surface area contributed by atoms with Crippen molar-refractivity contribution < 1.29 is 22.3 Å². The van der Waals surface area contributed by atoms with E-state index in [9.17, 15) is 17.6 Å². The van der Waals surface area contributed by atoms with Crippen molar-refractivity contribution in [2.24, 2.45) is 5.73 Å². The predicted octanol–water partition coefficient (Wildman–Crippen LogP) is 0.742. The molecule has 1 aliphatic heterocycles. The number of amides is 1. The highest BCUT2D eigenvalue weighted by Crippen LogP contribution is 2.32. The number of benzene rings is 1. The number of carbonyl (C=O) groups excluding carboxylic acids is 1. The Bertz CT molecular complexity index is 647. The second-order valence-corrected chi connectivity index (χ2v) is 6.87. The number of hydrogen-bond acceptors (Lipinski definition) is 4. The molecule has 1 saturated heterocycles. The molecule has 1 amide bonds. The third kappa shape index (κ3) is 2.89. The fourth-order valence-corrected chi connectivity index (χ4v) is 4.52. The molecule has 6 nitrogen and oxygen atoms in total. The van der Waals surface area contributed by atoms with Gasteiger partial charge in [0.15, 0.2) is 0 Å². The number of rotatable bonds is 4. The summed E-state index contributed by atoms with van der Waals surface area (Å²) in [6.45, 7) is -0.0862. The van der Waals surface area contributed by atoms with E-state index in [-0.39, 0.29) is 18.0 Å². The van der Waals surface area contributed by atoms with E-state index in [1.165, 1.54) is 19.2 Å². The molecular weight excluding hydrogens is 323 g/mol. The molecule has 0 unspecified atom stereocenters. The molecule has 1 aliphatic rings. The van der Waals surface area contributed by atoms with E-state index in [2.05, 4.69) is 0 Å². The number of ether oxygens (including phenoxy) is 1. The normalized spacial score (nSPS) is 23.4. The summed E-state index contributed by atoms with van der Waals surface area (Å²) >= 11 is 5.80. The molecule has 0 bridgehead atoms. The minimum absolute atomic E-state index is 0.0862. The van der Waals surface area contributed by atoms with Crippen LogP contribution in [0.15, 0.2) is 23.1 Å².